The van der Waals surface area contributed by atoms with Crippen molar-refractivity contribution in [3.8, 4) is 0 Å². The second kappa shape index (κ2) is 8.39. The Morgan fingerprint density at radius 1 is 1.23 bits per heavy atom. The molecule has 0 aliphatic carbocycles. The SMILES string of the molecule is CCCCCN1CCN(C(=O)Nc2ccc(Cl)cc2C)CC1. The van der Waals surface area contributed by atoms with E-state index in [0.29, 0.717) is 5.02 Å². The Morgan fingerprint density at radius 2 is 1.95 bits per heavy atom. The van der Waals surface area contributed by atoms with Crippen molar-refractivity contribution in [2.45, 2.75) is 33.1 Å². The highest BCUT2D eigenvalue weighted by molar-refractivity contribution is 6.30. The number of nitrogens with one attached hydrogen (secondary N) is 1. The van der Waals surface area contributed by atoms with E-state index in [1.807, 2.05) is 24.0 Å². The highest BCUT2D eigenvalue weighted by atomic mass is 35.5. The molecule has 0 bridgehead atoms. The number of amides is 2. The maximum Gasteiger partial charge on any atom is 0.321 e. The zero-order valence-corrected chi connectivity index (χ0v) is 14.3. The zero-order valence-electron chi connectivity index (χ0n) is 13.6. The standard InChI is InChI=1S/C17H26ClN3O/c1-3-4-5-8-20-9-11-21(12-10-20)17(22)19-16-7-6-15(18)13-14(16)2/h6-7,13H,3-5,8-12H2,1-2H3,(H,19,22). The molecule has 22 heavy (non-hydrogen) atoms. The first-order valence-corrected chi connectivity index (χ1v) is 8.52. The Hall–Kier alpha value is -1.26. The van der Waals surface area contributed by atoms with Gasteiger partial charge in [-0.25, -0.2) is 4.79 Å². The monoisotopic (exact) mass is 323 g/mol. The molecule has 0 unspecified atom stereocenters. The lowest BCUT2D eigenvalue weighted by Gasteiger charge is -2.34. The molecule has 2 rings (SSSR count). The highest BCUT2D eigenvalue weighted by Crippen LogP contribution is 2.20. The number of nitrogens with zero attached hydrogens (tertiary/aromatic N) is 2. The Bertz CT molecular complexity index is 499. The van der Waals surface area contributed by atoms with E-state index in [2.05, 4.69) is 17.1 Å². The lowest BCUT2D eigenvalue weighted by Crippen LogP contribution is -2.50. The predicted molar refractivity (Wildman–Crippen MR) is 92.7 cm³/mol. The van der Waals surface area contributed by atoms with Crippen molar-refractivity contribution >= 4 is 23.3 Å². The number of hydrogen-bond acceptors (Lipinski definition) is 2. The van der Waals surface area contributed by atoms with E-state index >= 15 is 0 Å². The van der Waals surface area contributed by atoms with Crippen LogP contribution in [0.4, 0.5) is 10.5 Å². The molecule has 5 heteroatoms. The van der Waals surface area contributed by atoms with Crippen molar-refractivity contribution in [2.75, 3.05) is 38.0 Å². The van der Waals surface area contributed by atoms with Crippen LogP contribution in [-0.4, -0.2) is 48.6 Å². The summed E-state index contributed by atoms with van der Waals surface area (Å²) in [6.45, 7) is 8.86. The molecule has 0 radical (unpaired) electrons. The molecule has 122 valence electrons. The molecule has 1 N–H and O–H groups in total. The van der Waals surface area contributed by atoms with E-state index in [0.717, 1.165) is 44.0 Å². The minimum Gasteiger partial charge on any atom is -0.322 e. The van der Waals surface area contributed by atoms with Crippen molar-refractivity contribution in [1.82, 2.24) is 9.80 Å². The van der Waals surface area contributed by atoms with E-state index in [-0.39, 0.29) is 6.03 Å². The molecule has 1 heterocycles. The molecule has 1 aliphatic heterocycles. The van der Waals surface area contributed by atoms with Crippen molar-refractivity contribution in [2.24, 2.45) is 0 Å². The minimum atomic E-state index is -0.0152. The van der Waals surface area contributed by atoms with E-state index in [1.165, 1.54) is 19.3 Å². The number of aryl methyl sites for hydroxylation is 1. The number of carbonyl (C=O) groups is 1. The second-order valence-electron chi connectivity index (χ2n) is 5.93. The number of piperazine rings is 1. The summed E-state index contributed by atoms with van der Waals surface area (Å²) >= 11 is 5.94. The van der Waals surface area contributed by atoms with E-state index in [9.17, 15) is 4.79 Å². The molecule has 0 saturated carbocycles. The quantitative estimate of drug-likeness (QED) is 0.832. The van der Waals surface area contributed by atoms with Gasteiger partial charge >= 0.3 is 6.03 Å². The van der Waals surface area contributed by atoms with E-state index < -0.39 is 0 Å². The molecule has 1 aromatic rings. The molecule has 1 saturated heterocycles. The van der Waals surface area contributed by atoms with Gasteiger partial charge in [0.05, 0.1) is 0 Å². The molecular weight excluding hydrogens is 298 g/mol. The number of carbonyl (C=O) groups excluding carboxylic acids is 1. The summed E-state index contributed by atoms with van der Waals surface area (Å²) in [5.74, 6) is 0. The van der Waals surface area contributed by atoms with Gasteiger partial charge < -0.3 is 10.2 Å². The van der Waals surface area contributed by atoms with Crippen LogP contribution in [0.2, 0.25) is 5.02 Å². The van der Waals surface area contributed by atoms with Gasteiger partial charge in [0.2, 0.25) is 0 Å². The van der Waals surface area contributed by atoms with E-state index in [4.69, 9.17) is 11.6 Å². The molecule has 4 nitrogen and oxygen atoms in total. The summed E-state index contributed by atoms with van der Waals surface area (Å²) in [6, 6.07) is 5.51. The van der Waals surface area contributed by atoms with Crippen LogP contribution in [-0.2, 0) is 0 Å². The average Bonchev–Trinajstić information content (AvgIpc) is 2.51. The van der Waals surface area contributed by atoms with E-state index in [1.54, 1.807) is 6.07 Å². The second-order valence-corrected chi connectivity index (χ2v) is 6.36. The van der Waals surface area contributed by atoms with Gasteiger partial charge in [-0.15, -0.1) is 0 Å². The molecule has 1 aliphatic rings. The van der Waals surface area contributed by atoms with Gasteiger partial charge in [0, 0.05) is 36.9 Å². The predicted octanol–water partition coefficient (Wildman–Crippen LogP) is 3.99. The normalized spacial score (nSPS) is 15.9. The summed E-state index contributed by atoms with van der Waals surface area (Å²) in [7, 11) is 0. The van der Waals surface area contributed by atoms with Crippen LogP contribution in [0.1, 0.15) is 31.7 Å². The van der Waals surface area contributed by atoms with Crippen LogP contribution in [0.15, 0.2) is 18.2 Å². The van der Waals surface area contributed by atoms with Crippen molar-refractivity contribution < 1.29 is 4.79 Å². The van der Waals surface area contributed by atoms with Crippen molar-refractivity contribution in [3.63, 3.8) is 0 Å². The number of halogens is 1. The van der Waals surface area contributed by atoms with Gasteiger partial charge in [0.15, 0.2) is 0 Å². The minimum absolute atomic E-state index is 0.0152. The molecule has 1 aromatic carbocycles. The summed E-state index contributed by atoms with van der Waals surface area (Å²) in [4.78, 5) is 16.7. The third-order valence-electron chi connectivity index (χ3n) is 4.17. The Labute approximate surface area is 138 Å². The van der Waals surface area contributed by atoms with Gasteiger partial charge in [-0.2, -0.15) is 0 Å². The van der Waals surface area contributed by atoms with Gasteiger partial charge in [-0.3, -0.25) is 4.90 Å². The summed E-state index contributed by atoms with van der Waals surface area (Å²) in [6.07, 6.45) is 3.80. The molecule has 0 atom stereocenters. The van der Waals surface area contributed by atoms with Gasteiger partial charge in [-0.1, -0.05) is 31.4 Å². The van der Waals surface area contributed by atoms with Crippen LogP contribution in [0.25, 0.3) is 0 Å². The first kappa shape index (κ1) is 17.1. The van der Waals surface area contributed by atoms with Crippen LogP contribution >= 0.6 is 11.6 Å². The third-order valence-corrected chi connectivity index (χ3v) is 4.40. The Balaban J connectivity index is 1.80. The topological polar surface area (TPSA) is 35.6 Å². The van der Waals surface area contributed by atoms with Crippen LogP contribution in [0.5, 0.6) is 0 Å². The molecule has 2 amide bonds. The summed E-state index contributed by atoms with van der Waals surface area (Å²) < 4.78 is 0. The number of rotatable bonds is 5. The molecular formula is C17H26ClN3O. The summed E-state index contributed by atoms with van der Waals surface area (Å²) in [5, 5.41) is 3.68. The fourth-order valence-electron chi connectivity index (χ4n) is 2.72. The zero-order chi connectivity index (χ0) is 15.9. The third kappa shape index (κ3) is 4.89. The number of benzene rings is 1. The first-order chi connectivity index (χ1) is 10.6. The smallest absolute Gasteiger partial charge is 0.321 e. The summed E-state index contributed by atoms with van der Waals surface area (Å²) in [5.41, 5.74) is 1.82. The number of anilines is 1. The van der Waals surface area contributed by atoms with Gasteiger partial charge in [0.1, 0.15) is 0 Å². The lowest BCUT2D eigenvalue weighted by molar-refractivity contribution is 0.146. The molecule has 1 fully saturated rings. The van der Waals surface area contributed by atoms with Crippen LogP contribution < -0.4 is 5.32 Å². The van der Waals surface area contributed by atoms with Gasteiger partial charge in [0.25, 0.3) is 0 Å². The van der Waals surface area contributed by atoms with Crippen LogP contribution in [0.3, 0.4) is 0 Å². The average molecular weight is 324 g/mol. The maximum absolute atomic E-state index is 12.3. The number of unbranched alkanes of at least 4 members (excludes halogenated alkanes) is 2. The fraction of sp³-hybridized carbons (Fsp3) is 0.588. The number of hydrogen-bond donors (Lipinski definition) is 1. The maximum atomic E-state index is 12.3. The Kier molecular flexibility index (Phi) is 6.52. The molecule has 0 spiro atoms. The highest BCUT2D eigenvalue weighted by Gasteiger charge is 2.21. The largest absolute Gasteiger partial charge is 0.322 e. The molecule has 0 aromatic heterocycles. The van der Waals surface area contributed by atoms with Gasteiger partial charge in [-0.05, 0) is 43.7 Å². The lowest BCUT2D eigenvalue weighted by atomic mass is 10.2. The fourth-order valence-corrected chi connectivity index (χ4v) is 2.95. The van der Waals surface area contributed by atoms with Crippen LogP contribution in [0, 0.1) is 6.92 Å². The first-order valence-electron chi connectivity index (χ1n) is 8.14. The Morgan fingerprint density at radius 3 is 2.59 bits per heavy atom. The van der Waals surface area contributed by atoms with Crippen molar-refractivity contribution in [3.05, 3.63) is 28.8 Å². The number of urea groups is 1. The van der Waals surface area contributed by atoms with Crippen molar-refractivity contribution in [1.29, 1.82) is 0 Å².